The minimum atomic E-state index is 0.586. The molecule has 1 aliphatic rings. The van der Waals surface area contributed by atoms with Crippen LogP contribution in [0.5, 0.6) is 5.75 Å². The summed E-state index contributed by atoms with van der Waals surface area (Å²) in [7, 11) is 0. The third-order valence-corrected chi connectivity index (χ3v) is 4.78. The zero-order valence-corrected chi connectivity index (χ0v) is 14.4. The number of nitrogens with one attached hydrogen (secondary N) is 1. The van der Waals surface area contributed by atoms with Crippen LogP contribution in [-0.2, 0) is 13.2 Å². The summed E-state index contributed by atoms with van der Waals surface area (Å²) in [5, 5.41) is 3.74. The van der Waals surface area contributed by atoms with Crippen molar-refractivity contribution in [2.75, 3.05) is 0 Å². The molecule has 0 bridgehead atoms. The molecular weight excluding hydrogens is 296 g/mol. The summed E-state index contributed by atoms with van der Waals surface area (Å²) in [6.45, 7) is 1.54. The zero-order chi connectivity index (χ0) is 16.5. The summed E-state index contributed by atoms with van der Waals surface area (Å²) in [5.74, 6) is 0.918. The molecule has 0 radical (unpaired) electrons. The molecule has 0 unspecified atom stereocenters. The number of pyridine rings is 1. The Morgan fingerprint density at radius 2 is 1.50 bits per heavy atom. The highest BCUT2D eigenvalue weighted by atomic mass is 16.5. The van der Waals surface area contributed by atoms with Gasteiger partial charge in [0.25, 0.3) is 0 Å². The first kappa shape index (κ1) is 17.0. The van der Waals surface area contributed by atoms with Crippen molar-refractivity contribution in [3.8, 4) is 5.75 Å². The Balaban J connectivity index is 1.44. The monoisotopic (exact) mass is 324 g/mol. The Morgan fingerprint density at radius 3 is 2.21 bits per heavy atom. The number of hydrogen-bond acceptors (Lipinski definition) is 3. The van der Waals surface area contributed by atoms with Gasteiger partial charge in [-0.15, -0.1) is 0 Å². The van der Waals surface area contributed by atoms with Gasteiger partial charge in [-0.1, -0.05) is 44.2 Å². The number of nitrogens with zero attached hydrogens (tertiary/aromatic N) is 1. The molecule has 0 spiro atoms. The number of ether oxygens (including phenoxy) is 1. The number of rotatable bonds is 6. The fourth-order valence-corrected chi connectivity index (χ4v) is 3.27. The fraction of sp³-hybridized carbons (Fsp3) is 0.476. The maximum atomic E-state index is 5.82. The Morgan fingerprint density at radius 1 is 0.833 bits per heavy atom. The highest BCUT2D eigenvalue weighted by Gasteiger charge is 2.10. The maximum absolute atomic E-state index is 5.82. The number of aromatic nitrogens is 1. The summed E-state index contributed by atoms with van der Waals surface area (Å²) in [5.41, 5.74) is 2.47. The van der Waals surface area contributed by atoms with Crippen LogP contribution in [-0.4, -0.2) is 11.0 Å². The lowest BCUT2D eigenvalue weighted by Crippen LogP contribution is -2.29. The zero-order valence-electron chi connectivity index (χ0n) is 14.4. The van der Waals surface area contributed by atoms with E-state index in [9.17, 15) is 0 Å². The van der Waals surface area contributed by atoms with Crippen LogP contribution in [0.1, 0.15) is 56.1 Å². The molecular formula is C21H28N2O. The SMILES string of the molecule is c1cc(COc2ccc(CNC3CCCCCCC3)cc2)ccn1. The van der Waals surface area contributed by atoms with E-state index in [0.717, 1.165) is 17.9 Å². The van der Waals surface area contributed by atoms with E-state index in [1.165, 1.54) is 50.5 Å². The molecule has 2 aromatic rings. The second-order valence-electron chi connectivity index (χ2n) is 6.71. The van der Waals surface area contributed by atoms with Gasteiger partial charge in [0, 0.05) is 25.0 Å². The van der Waals surface area contributed by atoms with Crippen molar-refractivity contribution < 1.29 is 4.74 Å². The molecule has 1 N–H and O–H groups in total. The molecule has 128 valence electrons. The van der Waals surface area contributed by atoms with E-state index in [1.807, 2.05) is 12.1 Å². The largest absolute Gasteiger partial charge is 0.489 e. The van der Waals surface area contributed by atoms with Gasteiger partial charge in [0.05, 0.1) is 0 Å². The fourth-order valence-electron chi connectivity index (χ4n) is 3.27. The van der Waals surface area contributed by atoms with E-state index in [-0.39, 0.29) is 0 Å². The van der Waals surface area contributed by atoms with Gasteiger partial charge in [-0.3, -0.25) is 4.98 Å². The van der Waals surface area contributed by atoms with Crippen molar-refractivity contribution >= 4 is 0 Å². The smallest absolute Gasteiger partial charge is 0.119 e. The van der Waals surface area contributed by atoms with Gasteiger partial charge in [-0.25, -0.2) is 0 Å². The van der Waals surface area contributed by atoms with Crippen molar-refractivity contribution in [1.29, 1.82) is 0 Å². The molecule has 3 heteroatoms. The predicted molar refractivity (Wildman–Crippen MR) is 98.0 cm³/mol. The predicted octanol–water partition coefficient (Wildman–Crippen LogP) is 4.86. The van der Waals surface area contributed by atoms with E-state index in [4.69, 9.17) is 4.74 Å². The minimum absolute atomic E-state index is 0.586. The molecule has 0 aliphatic heterocycles. The van der Waals surface area contributed by atoms with Crippen molar-refractivity contribution in [3.63, 3.8) is 0 Å². The van der Waals surface area contributed by atoms with Crippen molar-refractivity contribution in [2.45, 2.75) is 64.1 Å². The van der Waals surface area contributed by atoms with Crippen molar-refractivity contribution in [2.24, 2.45) is 0 Å². The minimum Gasteiger partial charge on any atom is -0.489 e. The lowest BCUT2D eigenvalue weighted by atomic mass is 9.96. The molecule has 1 saturated carbocycles. The lowest BCUT2D eigenvalue weighted by molar-refractivity contribution is 0.306. The summed E-state index contributed by atoms with van der Waals surface area (Å²) in [6.07, 6.45) is 13.2. The molecule has 1 aromatic heterocycles. The van der Waals surface area contributed by atoms with E-state index in [0.29, 0.717) is 12.6 Å². The van der Waals surface area contributed by atoms with Gasteiger partial charge in [-0.2, -0.15) is 0 Å². The Hall–Kier alpha value is -1.87. The first-order valence-electron chi connectivity index (χ1n) is 9.24. The Kier molecular flexibility index (Phi) is 6.67. The second-order valence-corrected chi connectivity index (χ2v) is 6.71. The van der Waals surface area contributed by atoms with E-state index < -0.39 is 0 Å². The summed E-state index contributed by atoms with van der Waals surface area (Å²) in [4.78, 5) is 4.02. The average Bonchev–Trinajstić information content (AvgIpc) is 2.61. The van der Waals surface area contributed by atoms with Crippen LogP contribution in [0.25, 0.3) is 0 Å². The van der Waals surface area contributed by atoms with Crippen LogP contribution in [0.3, 0.4) is 0 Å². The van der Waals surface area contributed by atoms with Crippen LogP contribution in [0.2, 0.25) is 0 Å². The molecule has 1 aliphatic carbocycles. The van der Waals surface area contributed by atoms with Crippen LogP contribution < -0.4 is 10.1 Å². The molecule has 3 nitrogen and oxygen atoms in total. The Bertz CT molecular complexity index is 575. The molecule has 24 heavy (non-hydrogen) atoms. The molecule has 1 heterocycles. The van der Waals surface area contributed by atoms with Crippen LogP contribution in [0.15, 0.2) is 48.8 Å². The average molecular weight is 324 g/mol. The van der Waals surface area contributed by atoms with Gasteiger partial charge in [-0.05, 0) is 48.2 Å². The van der Waals surface area contributed by atoms with Crippen LogP contribution >= 0.6 is 0 Å². The molecule has 0 saturated heterocycles. The number of benzene rings is 1. The lowest BCUT2D eigenvalue weighted by Gasteiger charge is -2.21. The first-order chi connectivity index (χ1) is 11.9. The highest BCUT2D eigenvalue weighted by Crippen LogP contribution is 2.18. The third kappa shape index (κ3) is 5.64. The van der Waals surface area contributed by atoms with Crippen molar-refractivity contribution in [1.82, 2.24) is 10.3 Å². The first-order valence-corrected chi connectivity index (χ1v) is 9.24. The van der Waals surface area contributed by atoms with Gasteiger partial charge in [0.2, 0.25) is 0 Å². The maximum Gasteiger partial charge on any atom is 0.119 e. The normalized spacial score (nSPS) is 16.3. The standard InChI is InChI=1S/C21H28N2O/c1-2-4-6-20(7-5-3-1)23-16-18-8-10-21(11-9-18)24-17-19-12-14-22-15-13-19/h8-15,20,23H,1-7,16-17H2. The van der Waals surface area contributed by atoms with Crippen molar-refractivity contribution in [3.05, 3.63) is 59.9 Å². The molecule has 1 aromatic carbocycles. The third-order valence-electron chi connectivity index (χ3n) is 4.78. The van der Waals surface area contributed by atoms with Gasteiger partial charge in [0.1, 0.15) is 12.4 Å². The highest BCUT2D eigenvalue weighted by molar-refractivity contribution is 5.27. The van der Waals surface area contributed by atoms with Gasteiger partial charge in [0.15, 0.2) is 0 Å². The van der Waals surface area contributed by atoms with Crippen LogP contribution in [0.4, 0.5) is 0 Å². The molecule has 0 atom stereocenters. The Labute approximate surface area is 145 Å². The van der Waals surface area contributed by atoms with E-state index in [2.05, 4.69) is 34.6 Å². The summed E-state index contributed by atoms with van der Waals surface area (Å²) >= 11 is 0. The van der Waals surface area contributed by atoms with Crippen LogP contribution in [0, 0.1) is 0 Å². The molecule has 0 amide bonds. The summed E-state index contributed by atoms with van der Waals surface area (Å²) in [6, 6.07) is 13.1. The number of hydrogen-bond donors (Lipinski definition) is 1. The second kappa shape index (κ2) is 9.43. The topological polar surface area (TPSA) is 34.1 Å². The van der Waals surface area contributed by atoms with Gasteiger partial charge < -0.3 is 10.1 Å². The summed E-state index contributed by atoms with van der Waals surface area (Å²) < 4.78 is 5.82. The van der Waals surface area contributed by atoms with E-state index in [1.54, 1.807) is 12.4 Å². The quantitative estimate of drug-likeness (QED) is 0.823. The molecule has 3 rings (SSSR count). The van der Waals surface area contributed by atoms with Gasteiger partial charge >= 0.3 is 0 Å². The molecule has 1 fully saturated rings. The van der Waals surface area contributed by atoms with E-state index >= 15 is 0 Å².